The van der Waals surface area contributed by atoms with Crippen LogP contribution in [-0.4, -0.2) is 49.1 Å². The van der Waals surface area contributed by atoms with Crippen molar-refractivity contribution in [2.24, 2.45) is 0 Å². The first-order chi connectivity index (χ1) is 13.7. The SMILES string of the molecule is CN1CCN(Cc2ccc(-c3ccc(COC4CCCC4)cc3)c(Cl)c2)CC1. The molecule has 1 aliphatic carbocycles. The van der Waals surface area contributed by atoms with Gasteiger partial charge in [-0.3, -0.25) is 4.90 Å². The monoisotopic (exact) mass is 398 g/mol. The molecule has 0 unspecified atom stereocenters. The number of benzene rings is 2. The Morgan fingerprint density at radius 1 is 0.929 bits per heavy atom. The van der Waals surface area contributed by atoms with Gasteiger partial charge in [-0.15, -0.1) is 0 Å². The standard InChI is InChI=1S/C24H31ClN2O/c1-26-12-14-27(15-13-26)17-20-8-11-23(24(25)16-20)21-9-6-19(7-10-21)18-28-22-4-2-3-5-22/h6-11,16,22H,2-5,12-15,17-18H2,1H3. The number of rotatable bonds is 6. The lowest BCUT2D eigenvalue weighted by Crippen LogP contribution is -2.43. The second-order valence-corrected chi connectivity index (χ2v) is 8.72. The van der Waals surface area contributed by atoms with Crippen LogP contribution in [0.1, 0.15) is 36.8 Å². The summed E-state index contributed by atoms with van der Waals surface area (Å²) in [5, 5.41) is 0.835. The van der Waals surface area contributed by atoms with Crippen LogP contribution < -0.4 is 0 Å². The van der Waals surface area contributed by atoms with Gasteiger partial charge in [-0.05, 0) is 42.6 Å². The molecule has 4 heteroatoms. The summed E-state index contributed by atoms with van der Waals surface area (Å²) in [6, 6.07) is 15.2. The van der Waals surface area contributed by atoms with Crippen LogP contribution >= 0.6 is 11.6 Å². The Bertz CT molecular complexity index is 763. The van der Waals surface area contributed by atoms with Crippen molar-refractivity contribution in [3.63, 3.8) is 0 Å². The third-order valence-corrected chi connectivity index (χ3v) is 6.40. The molecule has 1 heterocycles. The van der Waals surface area contributed by atoms with Crippen LogP contribution in [0, 0.1) is 0 Å². The fraction of sp³-hybridized carbons (Fsp3) is 0.500. The lowest BCUT2D eigenvalue weighted by Gasteiger charge is -2.32. The lowest BCUT2D eigenvalue weighted by molar-refractivity contribution is 0.0457. The Balaban J connectivity index is 1.36. The Morgan fingerprint density at radius 3 is 2.29 bits per heavy atom. The van der Waals surface area contributed by atoms with Gasteiger partial charge in [-0.2, -0.15) is 0 Å². The summed E-state index contributed by atoms with van der Waals surface area (Å²) < 4.78 is 6.02. The first kappa shape index (κ1) is 19.9. The molecule has 0 atom stereocenters. The van der Waals surface area contributed by atoms with Gasteiger partial charge in [-0.25, -0.2) is 0 Å². The van der Waals surface area contributed by atoms with E-state index in [1.165, 1.54) is 42.4 Å². The first-order valence-corrected chi connectivity index (χ1v) is 11.0. The van der Waals surface area contributed by atoms with E-state index in [4.69, 9.17) is 16.3 Å². The van der Waals surface area contributed by atoms with E-state index in [1.54, 1.807) is 0 Å². The maximum atomic E-state index is 6.64. The molecule has 3 nitrogen and oxygen atoms in total. The van der Waals surface area contributed by atoms with E-state index in [0.29, 0.717) is 12.7 Å². The molecule has 2 aromatic carbocycles. The van der Waals surface area contributed by atoms with Crippen molar-refractivity contribution in [3.8, 4) is 11.1 Å². The molecule has 0 N–H and O–H groups in total. The number of nitrogens with zero attached hydrogens (tertiary/aromatic N) is 2. The molecule has 2 fully saturated rings. The minimum Gasteiger partial charge on any atom is -0.374 e. The minimum absolute atomic E-state index is 0.460. The number of hydrogen-bond acceptors (Lipinski definition) is 3. The molecule has 2 aliphatic rings. The summed E-state index contributed by atoms with van der Waals surface area (Å²) >= 11 is 6.64. The van der Waals surface area contributed by atoms with Crippen molar-refractivity contribution in [1.82, 2.24) is 9.80 Å². The smallest absolute Gasteiger partial charge is 0.0720 e. The number of piperazine rings is 1. The third kappa shape index (κ3) is 5.15. The lowest BCUT2D eigenvalue weighted by atomic mass is 10.0. The number of likely N-dealkylation sites (N-methyl/N-ethyl adjacent to an activating group) is 1. The van der Waals surface area contributed by atoms with Crippen LogP contribution in [0.3, 0.4) is 0 Å². The van der Waals surface area contributed by atoms with Gasteiger partial charge >= 0.3 is 0 Å². The summed E-state index contributed by atoms with van der Waals surface area (Å²) in [6.45, 7) is 6.22. The number of hydrogen-bond donors (Lipinski definition) is 0. The highest BCUT2D eigenvalue weighted by molar-refractivity contribution is 6.33. The molecule has 4 rings (SSSR count). The van der Waals surface area contributed by atoms with Crippen molar-refractivity contribution in [3.05, 3.63) is 58.6 Å². The molecule has 0 amide bonds. The summed E-state index contributed by atoms with van der Waals surface area (Å²) in [6.07, 6.45) is 5.52. The quantitative estimate of drug-likeness (QED) is 0.663. The third-order valence-electron chi connectivity index (χ3n) is 6.09. The van der Waals surface area contributed by atoms with Crippen LogP contribution in [0.15, 0.2) is 42.5 Å². The van der Waals surface area contributed by atoms with Gasteiger partial charge in [0.1, 0.15) is 0 Å². The first-order valence-electron chi connectivity index (χ1n) is 10.6. The zero-order valence-corrected chi connectivity index (χ0v) is 17.6. The van der Waals surface area contributed by atoms with E-state index in [9.17, 15) is 0 Å². The Labute approximate surface area is 174 Å². The van der Waals surface area contributed by atoms with Crippen molar-refractivity contribution in [1.29, 1.82) is 0 Å². The van der Waals surface area contributed by atoms with Gasteiger partial charge < -0.3 is 9.64 Å². The van der Waals surface area contributed by atoms with Gasteiger partial charge in [0, 0.05) is 43.3 Å². The molecule has 1 saturated carbocycles. The molecule has 28 heavy (non-hydrogen) atoms. The predicted molar refractivity (Wildman–Crippen MR) is 117 cm³/mol. The fourth-order valence-corrected chi connectivity index (χ4v) is 4.52. The molecular formula is C24H31ClN2O. The summed E-state index contributed by atoms with van der Waals surface area (Å²) in [5.41, 5.74) is 4.80. The predicted octanol–water partition coefficient (Wildman–Crippen LogP) is 5.21. The van der Waals surface area contributed by atoms with Crippen molar-refractivity contribution < 1.29 is 4.74 Å². The fourth-order valence-electron chi connectivity index (χ4n) is 4.20. The van der Waals surface area contributed by atoms with E-state index < -0.39 is 0 Å². The van der Waals surface area contributed by atoms with Gasteiger partial charge in [0.05, 0.1) is 12.7 Å². The second kappa shape index (κ2) is 9.41. The second-order valence-electron chi connectivity index (χ2n) is 8.31. The van der Waals surface area contributed by atoms with E-state index in [1.807, 2.05) is 0 Å². The Kier molecular flexibility index (Phi) is 6.69. The van der Waals surface area contributed by atoms with Crippen LogP contribution in [0.2, 0.25) is 5.02 Å². The normalized spacial score (nSPS) is 19.4. The molecule has 0 aromatic heterocycles. The Hall–Kier alpha value is -1.39. The highest BCUT2D eigenvalue weighted by Crippen LogP contribution is 2.30. The van der Waals surface area contributed by atoms with E-state index in [2.05, 4.69) is 59.3 Å². The zero-order valence-electron chi connectivity index (χ0n) is 16.9. The average molecular weight is 399 g/mol. The summed E-state index contributed by atoms with van der Waals surface area (Å²) in [5.74, 6) is 0. The Morgan fingerprint density at radius 2 is 1.61 bits per heavy atom. The largest absolute Gasteiger partial charge is 0.374 e. The van der Waals surface area contributed by atoms with Crippen molar-refractivity contribution in [2.45, 2.75) is 44.9 Å². The van der Waals surface area contributed by atoms with Crippen LogP contribution in [0.4, 0.5) is 0 Å². The number of halogens is 1. The number of ether oxygens (including phenoxy) is 1. The van der Waals surface area contributed by atoms with Crippen LogP contribution in [0.5, 0.6) is 0 Å². The zero-order chi connectivity index (χ0) is 19.3. The molecule has 2 aromatic rings. The summed E-state index contributed by atoms with van der Waals surface area (Å²) in [4.78, 5) is 4.89. The minimum atomic E-state index is 0.460. The van der Waals surface area contributed by atoms with E-state index >= 15 is 0 Å². The van der Waals surface area contributed by atoms with E-state index in [-0.39, 0.29) is 0 Å². The molecular weight excluding hydrogens is 368 g/mol. The van der Waals surface area contributed by atoms with Crippen LogP contribution in [-0.2, 0) is 17.9 Å². The summed E-state index contributed by atoms with van der Waals surface area (Å²) in [7, 11) is 2.19. The molecule has 0 radical (unpaired) electrons. The topological polar surface area (TPSA) is 15.7 Å². The maximum absolute atomic E-state index is 6.64. The van der Waals surface area contributed by atoms with Gasteiger partial charge in [0.15, 0.2) is 0 Å². The highest BCUT2D eigenvalue weighted by Gasteiger charge is 2.16. The van der Waals surface area contributed by atoms with Crippen molar-refractivity contribution >= 4 is 11.6 Å². The van der Waals surface area contributed by atoms with E-state index in [0.717, 1.165) is 43.3 Å². The molecule has 0 spiro atoms. The van der Waals surface area contributed by atoms with Gasteiger partial charge in [0.2, 0.25) is 0 Å². The van der Waals surface area contributed by atoms with Gasteiger partial charge in [-0.1, -0.05) is 60.8 Å². The maximum Gasteiger partial charge on any atom is 0.0720 e. The molecule has 0 bridgehead atoms. The molecule has 150 valence electrons. The molecule has 1 aliphatic heterocycles. The van der Waals surface area contributed by atoms with Crippen LogP contribution in [0.25, 0.3) is 11.1 Å². The highest BCUT2D eigenvalue weighted by atomic mass is 35.5. The molecule has 1 saturated heterocycles. The average Bonchev–Trinajstić information content (AvgIpc) is 3.23. The van der Waals surface area contributed by atoms with Crippen molar-refractivity contribution in [2.75, 3.05) is 33.2 Å². The van der Waals surface area contributed by atoms with Gasteiger partial charge in [0.25, 0.3) is 0 Å².